The van der Waals surface area contributed by atoms with Crippen molar-refractivity contribution in [3.05, 3.63) is 27.9 Å². The summed E-state index contributed by atoms with van der Waals surface area (Å²) in [6.45, 7) is 2.74. The fourth-order valence-corrected chi connectivity index (χ4v) is 2.25. The van der Waals surface area contributed by atoms with Gasteiger partial charge in [-0.15, -0.1) is 0 Å². The summed E-state index contributed by atoms with van der Waals surface area (Å²) < 4.78 is 0. The first-order chi connectivity index (χ1) is 8.99. The van der Waals surface area contributed by atoms with Gasteiger partial charge in [0, 0.05) is 24.8 Å². The van der Waals surface area contributed by atoms with Crippen molar-refractivity contribution in [2.24, 2.45) is 5.92 Å². The number of carbonyl (C=O) groups is 1. The molecule has 1 aliphatic heterocycles. The number of carboxylic acid groups (broad SMARTS) is 1. The van der Waals surface area contributed by atoms with Gasteiger partial charge < -0.3 is 10.0 Å². The lowest BCUT2D eigenvalue weighted by molar-refractivity contribution is -0.384. The first-order valence-electron chi connectivity index (χ1n) is 6.09. The molecule has 0 saturated carbocycles. The molecule has 2 heterocycles. The van der Waals surface area contributed by atoms with Crippen molar-refractivity contribution >= 4 is 17.5 Å². The molecule has 1 saturated heterocycles. The minimum absolute atomic E-state index is 0.0284. The van der Waals surface area contributed by atoms with E-state index in [1.807, 2.05) is 0 Å². The molecular formula is C12H15N3O4. The number of carboxylic acids is 1. The van der Waals surface area contributed by atoms with Gasteiger partial charge in [-0.2, -0.15) is 0 Å². The van der Waals surface area contributed by atoms with Gasteiger partial charge in [-0.3, -0.25) is 14.9 Å². The number of aryl methyl sites for hydroxylation is 1. The van der Waals surface area contributed by atoms with Crippen molar-refractivity contribution in [1.29, 1.82) is 0 Å². The van der Waals surface area contributed by atoms with E-state index in [2.05, 4.69) is 4.98 Å². The van der Waals surface area contributed by atoms with Gasteiger partial charge in [0.25, 0.3) is 0 Å². The van der Waals surface area contributed by atoms with Crippen molar-refractivity contribution in [2.45, 2.75) is 19.8 Å². The minimum atomic E-state index is -0.800. The summed E-state index contributed by atoms with van der Waals surface area (Å²) in [5.74, 6) is -0.819. The molecule has 7 nitrogen and oxygen atoms in total. The number of anilines is 1. The van der Waals surface area contributed by atoms with Crippen LogP contribution >= 0.6 is 0 Å². The maximum Gasteiger partial charge on any atom is 0.311 e. The van der Waals surface area contributed by atoms with E-state index in [1.165, 1.54) is 6.07 Å². The Bertz CT molecular complexity index is 510. The smallest absolute Gasteiger partial charge is 0.311 e. The van der Waals surface area contributed by atoms with Crippen LogP contribution in [0.1, 0.15) is 18.5 Å². The van der Waals surface area contributed by atoms with Crippen LogP contribution in [-0.2, 0) is 4.79 Å². The van der Waals surface area contributed by atoms with Gasteiger partial charge >= 0.3 is 11.7 Å². The van der Waals surface area contributed by atoms with E-state index in [0.717, 1.165) is 0 Å². The predicted molar refractivity (Wildman–Crippen MR) is 68.2 cm³/mol. The van der Waals surface area contributed by atoms with Gasteiger partial charge in [0.2, 0.25) is 5.82 Å². The standard InChI is InChI=1S/C12H15N3O4/c1-8-2-3-10(15(18)19)11(13-8)14-6-4-9(5-7-14)12(16)17/h2-3,9H,4-7H2,1H3,(H,16,17). The molecule has 0 spiro atoms. The molecule has 0 atom stereocenters. The normalized spacial score (nSPS) is 16.4. The Morgan fingerprint density at radius 1 is 1.47 bits per heavy atom. The number of rotatable bonds is 3. The molecule has 0 bridgehead atoms. The zero-order valence-electron chi connectivity index (χ0n) is 10.6. The summed E-state index contributed by atoms with van der Waals surface area (Å²) in [6.07, 6.45) is 0.976. The lowest BCUT2D eigenvalue weighted by Crippen LogP contribution is -2.37. The second-order valence-electron chi connectivity index (χ2n) is 4.65. The lowest BCUT2D eigenvalue weighted by Gasteiger charge is -2.30. The Kier molecular flexibility index (Phi) is 3.64. The highest BCUT2D eigenvalue weighted by Crippen LogP contribution is 2.29. The summed E-state index contributed by atoms with van der Waals surface area (Å²) in [6, 6.07) is 3.05. The topological polar surface area (TPSA) is 96.6 Å². The summed E-state index contributed by atoms with van der Waals surface area (Å²) in [7, 11) is 0. The van der Waals surface area contributed by atoms with E-state index in [0.29, 0.717) is 37.4 Å². The van der Waals surface area contributed by atoms with Gasteiger partial charge in [0.05, 0.1) is 10.8 Å². The number of aliphatic carboxylic acids is 1. The quantitative estimate of drug-likeness (QED) is 0.658. The van der Waals surface area contributed by atoms with Gasteiger partial charge in [-0.05, 0) is 25.8 Å². The molecule has 0 unspecified atom stereocenters. The van der Waals surface area contributed by atoms with Gasteiger partial charge in [-0.1, -0.05) is 0 Å². The van der Waals surface area contributed by atoms with E-state index in [4.69, 9.17) is 5.11 Å². The third-order valence-corrected chi connectivity index (χ3v) is 3.33. The number of nitrogens with zero attached hydrogens (tertiary/aromatic N) is 3. The van der Waals surface area contributed by atoms with E-state index in [-0.39, 0.29) is 11.6 Å². The molecule has 1 aliphatic rings. The van der Waals surface area contributed by atoms with E-state index < -0.39 is 10.9 Å². The van der Waals surface area contributed by atoms with Crippen LogP contribution in [0.3, 0.4) is 0 Å². The first-order valence-corrected chi connectivity index (χ1v) is 6.09. The number of piperidine rings is 1. The molecule has 1 aromatic heterocycles. The highest BCUT2D eigenvalue weighted by Gasteiger charge is 2.28. The molecule has 1 aromatic rings. The zero-order valence-corrected chi connectivity index (χ0v) is 10.6. The van der Waals surface area contributed by atoms with Crippen LogP contribution in [-0.4, -0.2) is 34.1 Å². The number of hydrogen-bond donors (Lipinski definition) is 1. The van der Waals surface area contributed by atoms with E-state index in [9.17, 15) is 14.9 Å². The second-order valence-corrected chi connectivity index (χ2v) is 4.65. The molecule has 7 heteroatoms. The molecule has 19 heavy (non-hydrogen) atoms. The predicted octanol–water partition coefficient (Wildman–Crippen LogP) is 1.60. The molecular weight excluding hydrogens is 250 g/mol. The Morgan fingerprint density at radius 3 is 2.63 bits per heavy atom. The average Bonchev–Trinajstić information content (AvgIpc) is 2.38. The molecule has 0 aliphatic carbocycles. The van der Waals surface area contributed by atoms with Crippen LogP contribution in [0, 0.1) is 23.0 Å². The molecule has 0 radical (unpaired) electrons. The van der Waals surface area contributed by atoms with Crippen LogP contribution in [0.4, 0.5) is 11.5 Å². The van der Waals surface area contributed by atoms with E-state index in [1.54, 1.807) is 17.9 Å². The number of hydrogen-bond acceptors (Lipinski definition) is 5. The zero-order chi connectivity index (χ0) is 14.0. The fourth-order valence-electron chi connectivity index (χ4n) is 2.25. The number of pyridine rings is 1. The SMILES string of the molecule is Cc1ccc([N+](=O)[O-])c(N2CCC(C(=O)O)CC2)n1. The second kappa shape index (κ2) is 5.21. The van der Waals surface area contributed by atoms with Gasteiger partial charge in [0.1, 0.15) is 0 Å². The molecule has 0 amide bonds. The first kappa shape index (κ1) is 13.3. The van der Waals surface area contributed by atoms with E-state index >= 15 is 0 Å². The van der Waals surface area contributed by atoms with Crippen molar-refractivity contribution in [3.8, 4) is 0 Å². The largest absolute Gasteiger partial charge is 0.481 e. The van der Waals surface area contributed by atoms with Crippen molar-refractivity contribution in [1.82, 2.24) is 4.98 Å². The molecule has 1 fully saturated rings. The Hall–Kier alpha value is -2.18. The summed E-state index contributed by atoms with van der Waals surface area (Å²) in [5.41, 5.74) is 0.681. The Labute approximate surface area is 110 Å². The summed E-state index contributed by atoms with van der Waals surface area (Å²) >= 11 is 0. The minimum Gasteiger partial charge on any atom is -0.481 e. The molecule has 102 valence electrons. The maximum atomic E-state index is 11.0. The van der Waals surface area contributed by atoms with Crippen LogP contribution in [0.15, 0.2) is 12.1 Å². The average molecular weight is 265 g/mol. The summed E-state index contributed by atoms with van der Waals surface area (Å²) in [4.78, 5) is 27.4. The van der Waals surface area contributed by atoms with Crippen LogP contribution in [0.2, 0.25) is 0 Å². The third kappa shape index (κ3) is 2.81. The number of nitro groups is 1. The Balaban J connectivity index is 2.21. The molecule has 2 rings (SSSR count). The highest BCUT2D eigenvalue weighted by molar-refractivity contribution is 5.70. The summed E-state index contributed by atoms with van der Waals surface area (Å²) in [5, 5.41) is 19.9. The fraction of sp³-hybridized carbons (Fsp3) is 0.500. The molecule has 1 N–H and O–H groups in total. The Morgan fingerprint density at radius 2 is 2.11 bits per heavy atom. The molecule has 0 aromatic carbocycles. The van der Waals surface area contributed by atoms with Crippen LogP contribution < -0.4 is 4.90 Å². The van der Waals surface area contributed by atoms with Crippen LogP contribution in [0.25, 0.3) is 0 Å². The monoisotopic (exact) mass is 265 g/mol. The van der Waals surface area contributed by atoms with Crippen LogP contribution in [0.5, 0.6) is 0 Å². The van der Waals surface area contributed by atoms with Crippen molar-refractivity contribution < 1.29 is 14.8 Å². The van der Waals surface area contributed by atoms with Crippen molar-refractivity contribution in [3.63, 3.8) is 0 Å². The third-order valence-electron chi connectivity index (χ3n) is 3.33. The van der Waals surface area contributed by atoms with Gasteiger partial charge in [-0.25, -0.2) is 4.98 Å². The lowest BCUT2D eigenvalue weighted by atomic mass is 9.97. The van der Waals surface area contributed by atoms with Gasteiger partial charge in [0.15, 0.2) is 0 Å². The van der Waals surface area contributed by atoms with Crippen molar-refractivity contribution in [2.75, 3.05) is 18.0 Å². The highest BCUT2D eigenvalue weighted by atomic mass is 16.6. The number of aromatic nitrogens is 1. The maximum absolute atomic E-state index is 11.0.